The smallest absolute Gasteiger partial charge is 0.0221 e. The van der Waals surface area contributed by atoms with Gasteiger partial charge in [0.15, 0.2) is 0 Å². The Morgan fingerprint density at radius 3 is 2.15 bits per heavy atom. The summed E-state index contributed by atoms with van der Waals surface area (Å²) in [6.07, 6.45) is 12.8. The van der Waals surface area contributed by atoms with Gasteiger partial charge in [-0.1, -0.05) is 96.6 Å². The molecular formula is C19H25Br. The summed E-state index contributed by atoms with van der Waals surface area (Å²) in [6.45, 7) is 8.10. The zero-order valence-corrected chi connectivity index (χ0v) is 14.5. The van der Waals surface area contributed by atoms with Crippen LogP contribution in [0.25, 0.3) is 6.08 Å². The first-order valence-electron chi connectivity index (χ1n) is 7.10. The van der Waals surface area contributed by atoms with Crippen LogP contribution in [0.5, 0.6) is 0 Å². The first-order valence-corrected chi connectivity index (χ1v) is 8.22. The molecule has 20 heavy (non-hydrogen) atoms. The lowest BCUT2D eigenvalue weighted by Crippen LogP contribution is -1.84. The number of benzene rings is 1. The van der Waals surface area contributed by atoms with Crippen LogP contribution >= 0.6 is 15.9 Å². The summed E-state index contributed by atoms with van der Waals surface area (Å²) in [7, 11) is 0. The van der Waals surface area contributed by atoms with E-state index in [2.05, 4.69) is 83.6 Å². The van der Waals surface area contributed by atoms with Gasteiger partial charge in [0.1, 0.15) is 0 Å². The van der Waals surface area contributed by atoms with Crippen molar-refractivity contribution in [2.45, 2.75) is 27.7 Å². The van der Waals surface area contributed by atoms with Crippen molar-refractivity contribution >= 4 is 22.0 Å². The molecule has 0 heterocycles. The first kappa shape index (κ1) is 18.7. The number of allylic oxidation sites excluding steroid dienone is 7. The lowest BCUT2D eigenvalue weighted by molar-refractivity contribution is 1.47. The van der Waals surface area contributed by atoms with E-state index in [0.29, 0.717) is 0 Å². The van der Waals surface area contributed by atoms with Crippen molar-refractivity contribution in [3.63, 3.8) is 0 Å². The van der Waals surface area contributed by atoms with Gasteiger partial charge >= 0.3 is 0 Å². The van der Waals surface area contributed by atoms with Crippen molar-refractivity contribution < 1.29 is 0 Å². The van der Waals surface area contributed by atoms with Crippen LogP contribution < -0.4 is 0 Å². The molecule has 1 heteroatoms. The van der Waals surface area contributed by atoms with E-state index >= 15 is 0 Å². The quantitative estimate of drug-likeness (QED) is 0.422. The highest BCUT2D eigenvalue weighted by atomic mass is 79.9. The van der Waals surface area contributed by atoms with E-state index in [1.54, 1.807) is 0 Å². The Balaban J connectivity index is 0.00000172. The maximum absolute atomic E-state index is 3.46. The van der Waals surface area contributed by atoms with E-state index in [4.69, 9.17) is 0 Å². The minimum Gasteiger partial charge on any atom is -0.0883 e. The Labute approximate surface area is 132 Å². The highest BCUT2D eigenvalue weighted by Crippen LogP contribution is 2.16. The van der Waals surface area contributed by atoms with E-state index in [0.717, 1.165) is 5.33 Å². The predicted molar refractivity (Wildman–Crippen MR) is 97.3 cm³/mol. The van der Waals surface area contributed by atoms with Crippen LogP contribution in [0.2, 0.25) is 0 Å². The molecule has 0 aliphatic carbocycles. The Kier molecular flexibility index (Phi) is 11.8. The molecule has 0 saturated heterocycles. The molecule has 0 aliphatic heterocycles. The molecule has 1 aromatic rings. The second-order valence-electron chi connectivity index (χ2n) is 3.80. The molecular weight excluding hydrogens is 308 g/mol. The molecule has 1 aromatic carbocycles. The van der Waals surface area contributed by atoms with Crippen LogP contribution in [0.3, 0.4) is 0 Å². The lowest BCUT2D eigenvalue weighted by atomic mass is 10.0. The van der Waals surface area contributed by atoms with Gasteiger partial charge in [0.25, 0.3) is 0 Å². The molecule has 0 fully saturated rings. The average molecular weight is 333 g/mol. The van der Waals surface area contributed by atoms with Gasteiger partial charge in [-0.3, -0.25) is 0 Å². The van der Waals surface area contributed by atoms with Crippen molar-refractivity contribution in [1.82, 2.24) is 0 Å². The number of hydrogen-bond acceptors (Lipinski definition) is 0. The van der Waals surface area contributed by atoms with Gasteiger partial charge in [0, 0.05) is 5.33 Å². The van der Waals surface area contributed by atoms with Crippen LogP contribution in [0.4, 0.5) is 0 Å². The summed E-state index contributed by atoms with van der Waals surface area (Å²) >= 11 is 3.46. The van der Waals surface area contributed by atoms with Gasteiger partial charge in [0.05, 0.1) is 0 Å². The molecule has 1 rings (SSSR count). The monoisotopic (exact) mass is 332 g/mol. The second-order valence-corrected chi connectivity index (χ2v) is 4.45. The minimum absolute atomic E-state index is 0.857. The predicted octanol–water partition coefficient (Wildman–Crippen LogP) is 6.57. The van der Waals surface area contributed by atoms with Crippen molar-refractivity contribution in [3.8, 4) is 0 Å². The molecule has 0 spiro atoms. The summed E-state index contributed by atoms with van der Waals surface area (Å²) < 4.78 is 0. The Bertz CT molecular complexity index is 462. The van der Waals surface area contributed by atoms with Gasteiger partial charge in [0.2, 0.25) is 0 Å². The van der Waals surface area contributed by atoms with Crippen molar-refractivity contribution in [1.29, 1.82) is 0 Å². The maximum Gasteiger partial charge on any atom is 0.0221 e. The van der Waals surface area contributed by atoms with Crippen LogP contribution in [0, 0.1) is 0 Å². The number of hydrogen-bond donors (Lipinski definition) is 0. The van der Waals surface area contributed by atoms with Crippen LogP contribution in [-0.2, 0) is 0 Å². The molecule has 0 unspecified atom stereocenters. The molecule has 0 aromatic heterocycles. The van der Waals surface area contributed by atoms with E-state index in [-0.39, 0.29) is 0 Å². The van der Waals surface area contributed by atoms with Gasteiger partial charge in [-0.2, -0.15) is 0 Å². The molecule has 0 radical (unpaired) electrons. The van der Waals surface area contributed by atoms with Gasteiger partial charge < -0.3 is 0 Å². The van der Waals surface area contributed by atoms with Crippen molar-refractivity contribution in [2.75, 3.05) is 5.33 Å². The SMILES string of the molecule is CC.C\C=C/C(=C\C)C(/C=C/c1ccccc1)=C/CBr. The fraction of sp³-hybridized carbons (Fsp3) is 0.263. The Morgan fingerprint density at radius 1 is 1.00 bits per heavy atom. The molecule has 0 amide bonds. The third kappa shape index (κ3) is 7.30. The maximum atomic E-state index is 3.46. The molecule has 0 nitrogen and oxygen atoms in total. The molecule has 0 aliphatic rings. The topological polar surface area (TPSA) is 0 Å². The molecule has 0 bridgehead atoms. The standard InChI is InChI=1S/C17H19Br.C2H6/c1-3-8-16(4-2)17(13-14-18)12-11-15-9-6-5-7-10-15;1-2/h3-13H,14H2,1-2H3;1-2H3/b8-3-,12-11+,16-4+,17-13+;. The summed E-state index contributed by atoms with van der Waals surface area (Å²) in [4.78, 5) is 0. The molecule has 108 valence electrons. The summed E-state index contributed by atoms with van der Waals surface area (Å²) in [5, 5.41) is 0.857. The fourth-order valence-corrected chi connectivity index (χ4v) is 2.00. The average Bonchev–Trinajstić information content (AvgIpc) is 2.52. The Hall–Kier alpha value is -1.34. The zero-order chi connectivity index (χ0) is 15.2. The highest BCUT2D eigenvalue weighted by Gasteiger charge is 1.96. The van der Waals surface area contributed by atoms with Gasteiger partial charge in [-0.05, 0) is 30.6 Å². The third-order valence-electron chi connectivity index (χ3n) is 2.54. The van der Waals surface area contributed by atoms with Crippen LogP contribution in [0.15, 0.2) is 71.9 Å². The zero-order valence-electron chi connectivity index (χ0n) is 12.9. The van der Waals surface area contributed by atoms with Gasteiger partial charge in [-0.15, -0.1) is 0 Å². The van der Waals surface area contributed by atoms with Crippen LogP contribution in [-0.4, -0.2) is 5.33 Å². The van der Waals surface area contributed by atoms with Crippen molar-refractivity contribution in [3.05, 3.63) is 77.4 Å². The third-order valence-corrected chi connectivity index (χ3v) is 2.87. The second kappa shape index (κ2) is 12.7. The van der Waals surface area contributed by atoms with E-state index in [9.17, 15) is 0 Å². The van der Waals surface area contributed by atoms with Gasteiger partial charge in [-0.25, -0.2) is 0 Å². The normalized spacial score (nSPS) is 12.7. The van der Waals surface area contributed by atoms with E-state index in [1.165, 1.54) is 16.7 Å². The summed E-state index contributed by atoms with van der Waals surface area (Å²) in [5.74, 6) is 0. The highest BCUT2D eigenvalue weighted by molar-refractivity contribution is 9.09. The van der Waals surface area contributed by atoms with E-state index in [1.807, 2.05) is 26.8 Å². The number of halogens is 1. The first-order chi connectivity index (χ1) is 9.81. The molecule has 0 N–H and O–H groups in total. The molecule has 0 saturated carbocycles. The lowest BCUT2D eigenvalue weighted by Gasteiger charge is -2.03. The van der Waals surface area contributed by atoms with Crippen LogP contribution in [0.1, 0.15) is 33.3 Å². The summed E-state index contributed by atoms with van der Waals surface area (Å²) in [5.41, 5.74) is 3.69. The summed E-state index contributed by atoms with van der Waals surface area (Å²) in [6, 6.07) is 10.3. The van der Waals surface area contributed by atoms with E-state index < -0.39 is 0 Å². The fourth-order valence-electron chi connectivity index (χ4n) is 1.65. The minimum atomic E-state index is 0.857. The van der Waals surface area contributed by atoms with Crippen molar-refractivity contribution in [2.24, 2.45) is 0 Å². The largest absolute Gasteiger partial charge is 0.0883 e. The number of rotatable bonds is 5. The number of alkyl halides is 1. The molecule has 0 atom stereocenters. The Morgan fingerprint density at radius 2 is 1.65 bits per heavy atom.